The highest BCUT2D eigenvalue weighted by atomic mass is 32.1. The molecule has 0 fully saturated rings. The average Bonchev–Trinajstić information content (AvgIpc) is 2.28. The molecule has 0 heterocycles. The highest BCUT2D eigenvalue weighted by Crippen LogP contribution is 2.20. The molecule has 1 rings (SSSR count). The Morgan fingerprint density at radius 1 is 1.47 bits per heavy atom. The van der Waals surface area contributed by atoms with Gasteiger partial charge in [-0.05, 0) is 38.6 Å². The van der Waals surface area contributed by atoms with E-state index in [1.54, 1.807) is 7.11 Å². The van der Waals surface area contributed by atoms with E-state index < -0.39 is 0 Å². The van der Waals surface area contributed by atoms with Crippen LogP contribution in [0.2, 0.25) is 0 Å². The first kappa shape index (κ1) is 13.9. The summed E-state index contributed by atoms with van der Waals surface area (Å²) >= 11 is 5.02. The molecule has 0 amide bonds. The van der Waals surface area contributed by atoms with Gasteiger partial charge in [-0.1, -0.05) is 18.3 Å². The zero-order valence-corrected chi connectivity index (χ0v) is 11.7. The number of ether oxygens (including phenoxy) is 1. The van der Waals surface area contributed by atoms with Gasteiger partial charge in [0.1, 0.15) is 10.7 Å². The monoisotopic (exact) mass is 252 g/mol. The zero-order chi connectivity index (χ0) is 13.0. The van der Waals surface area contributed by atoms with Gasteiger partial charge in [0.05, 0.1) is 12.7 Å². The molecule has 0 aliphatic rings. The molecule has 1 aromatic carbocycles. The molecule has 2 N–H and O–H groups in total. The summed E-state index contributed by atoms with van der Waals surface area (Å²) in [6, 6.07) is 6.46. The number of methoxy groups -OCH3 is 1. The molecular formula is C13H20N2OS. The lowest BCUT2D eigenvalue weighted by molar-refractivity contribution is 0.265. The lowest BCUT2D eigenvalue weighted by Crippen LogP contribution is -2.25. The van der Waals surface area contributed by atoms with Crippen LogP contribution in [0.4, 0.5) is 0 Å². The van der Waals surface area contributed by atoms with Crippen LogP contribution < -0.4 is 10.5 Å². The van der Waals surface area contributed by atoms with Crippen LogP contribution >= 0.6 is 12.2 Å². The second-order valence-corrected chi connectivity index (χ2v) is 4.85. The van der Waals surface area contributed by atoms with Crippen molar-refractivity contribution in [3.8, 4) is 5.75 Å². The van der Waals surface area contributed by atoms with Gasteiger partial charge in [-0.25, -0.2) is 0 Å². The molecule has 0 unspecified atom stereocenters. The van der Waals surface area contributed by atoms with E-state index in [2.05, 4.69) is 25.8 Å². The van der Waals surface area contributed by atoms with E-state index in [9.17, 15) is 0 Å². The number of rotatable bonds is 5. The maximum absolute atomic E-state index is 5.69. The van der Waals surface area contributed by atoms with Crippen LogP contribution in [0.25, 0.3) is 0 Å². The van der Waals surface area contributed by atoms with Gasteiger partial charge in [0.15, 0.2) is 0 Å². The zero-order valence-electron chi connectivity index (χ0n) is 10.9. The third kappa shape index (κ3) is 3.68. The first-order valence-corrected chi connectivity index (χ1v) is 6.03. The van der Waals surface area contributed by atoms with Crippen molar-refractivity contribution in [2.75, 3.05) is 14.2 Å². The summed E-state index contributed by atoms with van der Waals surface area (Å²) in [6.45, 7) is 5.20. The minimum atomic E-state index is 0.371. The minimum Gasteiger partial charge on any atom is -0.496 e. The quantitative estimate of drug-likeness (QED) is 0.815. The number of benzene rings is 1. The van der Waals surface area contributed by atoms with Crippen molar-refractivity contribution in [3.63, 3.8) is 0 Å². The summed E-state index contributed by atoms with van der Waals surface area (Å²) < 4.78 is 5.23. The van der Waals surface area contributed by atoms with E-state index in [0.717, 1.165) is 17.9 Å². The van der Waals surface area contributed by atoms with Crippen LogP contribution in [0, 0.1) is 0 Å². The predicted molar refractivity (Wildman–Crippen MR) is 75.5 cm³/mol. The third-order valence-electron chi connectivity index (χ3n) is 2.84. The highest BCUT2D eigenvalue weighted by molar-refractivity contribution is 7.80. The van der Waals surface area contributed by atoms with Gasteiger partial charge >= 0.3 is 0 Å². The smallest absolute Gasteiger partial charge is 0.129 e. The first-order chi connectivity index (χ1) is 7.95. The highest BCUT2D eigenvalue weighted by Gasteiger charge is 2.09. The van der Waals surface area contributed by atoms with E-state index in [4.69, 9.17) is 22.7 Å². The third-order valence-corrected chi connectivity index (χ3v) is 3.06. The van der Waals surface area contributed by atoms with E-state index in [-0.39, 0.29) is 0 Å². The topological polar surface area (TPSA) is 38.5 Å². The SMILES string of the molecule is COc1ccc(CN(C)C(C)C)cc1C(N)=S. The molecule has 0 saturated heterocycles. The summed E-state index contributed by atoms with van der Waals surface area (Å²) in [7, 11) is 3.71. The van der Waals surface area contributed by atoms with Crippen LogP contribution in [0.15, 0.2) is 18.2 Å². The second kappa shape index (κ2) is 5.98. The molecule has 0 aliphatic carbocycles. The molecule has 4 heteroatoms. The summed E-state index contributed by atoms with van der Waals surface area (Å²) in [5, 5.41) is 0. The summed E-state index contributed by atoms with van der Waals surface area (Å²) in [5.41, 5.74) is 7.68. The maximum atomic E-state index is 5.69. The molecule has 1 aromatic rings. The van der Waals surface area contributed by atoms with Crippen LogP contribution in [0.5, 0.6) is 5.75 Å². The molecule has 0 aliphatic heterocycles. The van der Waals surface area contributed by atoms with Crippen molar-refractivity contribution < 1.29 is 4.74 Å². The maximum Gasteiger partial charge on any atom is 0.129 e. The molecule has 0 atom stereocenters. The molecule has 0 spiro atoms. The summed E-state index contributed by atoms with van der Waals surface area (Å²) in [6.07, 6.45) is 0. The summed E-state index contributed by atoms with van der Waals surface area (Å²) in [5.74, 6) is 0.730. The fraction of sp³-hybridized carbons (Fsp3) is 0.462. The normalized spacial score (nSPS) is 10.9. The average molecular weight is 252 g/mol. The number of nitrogens with two attached hydrogens (primary N) is 1. The molecule has 94 valence electrons. The van der Waals surface area contributed by atoms with Gasteiger partial charge in [0, 0.05) is 12.6 Å². The number of hydrogen-bond donors (Lipinski definition) is 1. The van der Waals surface area contributed by atoms with Crippen molar-refractivity contribution in [1.29, 1.82) is 0 Å². The van der Waals surface area contributed by atoms with Crippen LogP contribution in [-0.4, -0.2) is 30.1 Å². The Morgan fingerprint density at radius 3 is 2.59 bits per heavy atom. The predicted octanol–water partition coefficient (Wildman–Crippen LogP) is 2.17. The molecule has 0 saturated carbocycles. The van der Waals surface area contributed by atoms with Gasteiger partial charge in [0.25, 0.3) is 0 Å². The Balaban J connectivity index is 2.96. The van der Waals surface area contributed by atoms with E-state index in [0.29, 0.717) is 11.0 Å². The molecule has 17 heavy (non-hydrogen) atoms. The van der Waals surface area contributed by atoms with E-state index in [1.165, 1.54) is 5.56 Å². The van der Waals surface area contributed by atoms with Crippen LogP contribution in [0.1, 0.15) is 25.0 Å². The van der Waals surface area contributed by atoms with Crippen molar-refractivity contribution in [2.24, 2.45) is 5.73 Å². The largest absolute Gasteiger partial charge is 0.496 e. The van der Waals surface area contributed by atoms with Crippen molar-refractivity contribution in [3.05, 3.63) is 29.3 Å². The standard InChI is InChI=1S/C13H20N2OS/c1-9(2)15(3)8-10-5-6-12(16-4)11(7-10)13(14)17/h5-7,9H,8H2,1-4H3,(H2,14,17). The van der Waals surface area contributed by atoms with Crippen LogP contribution in [-0.2, 0) is 6.54 Å². The number of thiocarbonyl (C=S) groups is 1. The second-order valence-electron chi connectivity index (χ2n) is 4.41. The van der Waals surface area contributed by atoms with Gasteiger partial charge in [-0.15, -0.1) is 0 Å². The Morgan fingerprint density at radius 2 is 2.12 bits per heavy atom. The fourth-order valence-electron chi connectivity index (χ4n) is 1.52. The Kier molecular flexibility index (Phi) is 4.90. The Bertz CT molecular complexity index is 404. The molecular weight excluding hydrogens is 232 g/mol. The number of hydrogen-bond acceptors (Lipinski definition) is 3. The summed E-state index contributed by atoms with van der Waals surface area (Å²) in [4.78, 5) is 2.63. The molecule has 0 radical (unpaired) electrons. The molecule has 0 bridgehead atoms. The van der Waals surface area contributed by atoms with E-state index >= 15 is 0 Å². The van der Waals surface area contributed by atoms with Crippen molar-refractivity contribution in [1.82, 2.24) is 4.90 Å². The van der Waals surface area contributed by atoms with Crippen molar-refractivity contribution in [2.45, 2.75) is 26.4 Å². The Hall–Kier alpha value is -1.13. The number of nitrogens with zero attached hydrogens (tertiary/aromatic N) is 1. The fourth-order valence-corrected chi connectivity index (χ4v) is 1.68. The first-order valence-electron chi connectivity index (χ1n) is 5.62. The minimum absolute atomic E-state index is 0.371. The van der Waals surface area contributed by atoms with Gasteiger partial charge < -0.3 is 10.5 Å². The molecule has 0 aromatic heterocycles. The van der Waals surface area contributed by atoms with Gasteiger partial charge in [-0.3, -0.25) is 4.90 Å². The molecule has 3 nitrogen and oxygen atoms in total. The van der Waals surface area contributed by atoms with Gasteiger partial charge in [0.2, 0.25) is 0 Å². The van der Waals surface area contributed by atoms with Crippen LogP contribution in [0.3, 0.4) is 0 Å². The van der Waals surface area contributed by atoms with Crippen molar-refractivity contribution >= 4 is 17.2 Å². The lowest BCUT2D eigenvalue weighted by atomic mass is 10.1. The lowest BCUT2D eigenvalue weighted by Gasteiger charge is -2.21. The Labute approximate surface area is 109 Å². The van der Waals surface area contributed by atoms with E-state index in [1.807, 2.05) is 18.2 Å². The van der Waals surface area contributed by atoms with Gasteiger partial charge in [-0.2, -0.15) is 0 Å².